The van der Waals surface area contributed by atoms with Crippen LogP contribution in [0.4, 0.5) is 4.39 Å². The Hall–Kier alpha value is -2.42. The maximum absolute atomic E-state index is 13.5. The van der Waals surface area contributed by atoms with Crippen LogP contribution in [0, 0.1) is 23.1 Å². The third-order valence-electron chi connectivity index (χ3n) is 3.58. The average molecular weight is 305 g/mol. The molecular weight excluding hydrogens is 285 g/mol. The molecule has 0 heterocycles. The second-order valence-electron chi connectivity index (χ2n) is 5.69. The zero-order chi connectivity index (χ0) is 16.9. The number of hydrogen-bond donors (Lipinski definition) is 2. The molecule has 0 saturated heterocycles. The fraction of sp³-hybridized carbons (Fsp3) is 0.438. The van der Waals surface area contributed by atoms with Gasteiger partial charge in [0.2, 0.25) is 11.8 Å². The summed E-state index contributed by atoms with van der Waals surface area (Å²) in [6, 6.07) is 5.71. The van der Waals surface area contributed by atoms with E-state index in [1.165, 1.54) is 19.2 Å². The minimum atomic E-state index is -1.02. The van der Waals surface area contributed by atoms with Crippen LogP contribution < -0.4 is 10.6 Å². The van der Waals surface area contributed by atoms with Crippen LogP contribution in [0.1, 0.15) is 31.9 Å². The number of halogens is 1. The first kappa shape index (κ1) is 17.6. The largest absolute Gasteiger partial charge is 0.359 e. The van der Waals surface area contributed by atoms with Crippen LogP contribution in [-0.4, -0.2) is 25.4 Å². The third-order valence-corrected chi connectivity index (χ3v) is 3.58. The van der Waals surface area contributed by atoms with Crippen LogP contribution in [0.5, 0.6) is 0 Å². The molecule has 0 aromatic heterocycles. The van der Waals surface area contributed by atoms with Crippen molar-refractivity contribution in [2.45, 2.75) is 26.2 Å². The first-order valence-corrected chi connectivity index (χ1v) is 6.93. The van der Waals surface area contributed by atoms with Crippen molar-refractivity contribution in [1.82, 2.24) is 10.6 Å². The molecule has 0 aliphatic rings. The summed E-state index contributed by atoms with van der Waals surface area (Å²) in [4.78, 5) is 23.8. The van der Waals surface area contributed by atoms with Gasteiger partial charge in [0.15, 0.2) is 0 Å². The number of hydrogen-bond acceptors (Lipinski definition) is 3. The molecule has 1 rings (SSSR count). The van der Waals surface area contributed by atoms with Crippen LogP contribution in [0.25, 0.3) is 0 Å². The fourth-order valence-electron chi connectivity index (χ4n) is 1.95. The first-order valence-electron chi connectivity index (χ1n) is 6.93. The summed E-state index contributed by atoms with van der Waals surface area (Å²) in [5, 5.41) is 14.1. The van der Waals surface area contributed by atoms with Gasteiger partial charge in [-0.25, -0.2) is 4.39 Å². The molecule has 118 valence electrons. The number of nitrogens with zero attached hydrogens (tertiary/aromatic N) is 1. The van der Waals surface area contributed by atoms with E-state index >= 15 is 0 Å². The Morgan fingerprint density at radius 1 is 1.36 bits per heavy atom. The van der Waals surface area contributed by atoms with E-state index in [1.54, 1.807) is 20.8 Å². The highest BCUT2D eigenvalue weighted by Crippen LogP contribution is 2.25. The molecule has 0 fully saturated rings. The molecule has 1 aromatic rings. The van der Waals surface area contributed by atoms with Crippen molar-refractivity contribution < 1.29 is 14.0 Å². The molecule has 0 radical (unpaired) electrons. The van der Waals surface area contributed by atoms with Crippen LogP contribution >= 0.6 is 0 Å². The molecule has 22 heavy (non-hydrogen) atoms. The van der Waals surface area contributed by atoms with Crippen molar-refractivity contribution in [3.8, 4) is 6.07 Å². The number of amides is 2. The second-order valence-corrected chi connectivity index (χ2v) is 5.69. The van der Waals surface area contributed by atoms with Crippen molar-refractivity contribution in [2.75, 3.05) is 13.6 Å². The predicted octanol–water partition coefficient (Wildman–Crippen LogP) is 1.47. The lowest BCUT2D eigenvalue weighted by Crippen LogP contribution is -2.44. The molecule has 2 amide bonds. The number of carbonyl (C=O) groups is 2. The van der Waals surface area contributed by atoms with Crippen LogP contribution in [0.15, 0.2) is 18.2 Å². The Labute approximate surface area is 129 Å². The first-order chi connectivity index (χ1) is 10.2. The molecule has 0 spiro atoms. The SMILES string of the molecule is CNC(=O)[C@H](C)CNC(=O)C(C)(C)c1cc(F)cc(C#N)c1. The van der Waals surface area contributed by atoms with Crippen molar-refractivity contribution in [1.29, 1.82) is 5.26 Å². The molecule has 0 unspecified atom stereocenters. The third kappa shape index (κ3) is 4.04. The monoisotopic (exact) mass is 305 g/mol. The van der Waals surface area contributed by atoms with Crippen LogP contribution in [-0.2, 0) is 15.0 Å². The van der Waals surface area contributed by atoms with E-state index in [9.17, 15) is 14.0 Å². The molecule has 0 aliphatic carbocycles. The Morgan fingerprint density at radius 2 is 2.00 bits per heavy atom. The number of carbonyl (C=O) groups excluding carboxylic acids is 2. The second kappa shape index (κ2) is 7.03. The van der Waals surface area contributed by atoms with Gasteiger partial charge in [-0.15, -0.1) is 0 Å². The Bertz CT molecular complexity index is 620. The van der Waals surface area contributed by atoms with E-state index in [2.05, 4.69) is 10.6 Å². The van der Waals surface area contributed by atoms with E-state index in [0.717, 1.165) is 6.07 Å². The van der Waals surface area contributed by atoms with Crippen LogP contribution in [0.2, 0.25) is 0 Å². The van der Waals surface area contributed by atoms with E-state index in [-0.39, 0.29) is 29.8 Å². The minimum Gasteiger partial charge on any atom is -0.359 e. The van der Waals surface area contributed by atoms with Gasteiger partial charge in [0.05, 0.1) is 23.0 Å². The Balaban J connectivity index is 2.90. The minimum absolute atomic E-state index is 0.162. The van der Waals surface area contributed by atoms with E-state index < -0.39 is 11.2 Å². The van der Waals surface area contributed by atoms with Crippen molar-refractivity contribution in [2.24, 2.45) is 5.92 Å². The van der Waals surface area contributed by atoms with Gasteiger partial charge in [-0.3, -0.25) is 9.59 Å². The summed E-state index contributed by atoms with van der Waals surface area (Å²) in [5.41, 5.74) is -0.445. The normalized spacial score (nSPS) is 12.2. The molecule has 1 aromatic carbocycles. The van der Waals surface area contributed by atoms with E-state index in [4.69, 9.17) is 5.26 Å². The number of benzene rings is 1. The number of rotatable bonds is 5. The van der Waals surface area contributed by atoms with Gasteiger partial charge in [-0.05, 0) is 37.6 Å². The molecule has 6 heteroatoms. The Morgan fingerprint density at radius 3 is 2.55 bits per heavy atom. The molecule has 2 N–H and O–H groups in total. The number of nitriles is 1. The highest BCUT2D eigenvalue weighted by molar-refractivity contribution is 5.88. The summed E-state index contributed by atoms with van der Waals surface area (Å²) in [5.74, 6) is -1.44. The van der Waals surface area contributed by atoms with Gasteiger partial charge < -0.3 is 10.6 Å². The van der Waals surface area contributed by atoms with E-state index in [1.807, 2.05) is 6.07 Å². The highest BCUT2D eigenvalue weighted by Gasteiger charge is 2.31. The van der Waals surface area contributed by atoms with Gasteiger partial charge in [0, 0.05) is 13.6 Å². The van der Waals surface area contributed by atoms with Gasteiger partial charge in [-0.2, -0.15) is 5.26 Å². The van der Waals surface area contributed by atoms with Gasteiger partial charge in [0.25, 0.3) is 0 Å². The van der Waals surface area contributed by atoms with Crippen molar-refractivity contribution in [3.05, 3.63) is 35.1 Å². The number of nitrogens with one attached hydrogen (secondary N) is 2. The molecule has 0 aliphatic heterocycles. The fourth-order valence-corrected chi connectivity index (χ4v) is 1.95. The van der Waals surface area contributed by atoms with Gasteiger partial charge >= 0.3 is 0 Å². The predicted molar refractivity (Wildman–Crippen MR) is 80.4 cm³/mol. The lowest BCUT2D eigenvalue weighted by atomic mass is 9.83. The highest BCUT2D eigenvalue weighted by atomic mass is 19.1. The summed E-state index contributed by atoms with van der Waals surface area (Å²) in [6.45, 7) is 5.16. The molecule has 0 bridgehead atoms. The van der Waals surface area contributed by atoms with Gasteiger partial charge in [0.1, 0.15) is 5.82 Å². The van der Waals surface area contributed by atoms with Crippen molar-refractivity contribution >= 4 is 11.8 Å². The maximum Gasteiger partial charge on any atom is 0.230 e. The van der Waals surface area contributed by atoms with Crippen molar-refractivity contribution in [3.63, 3.8) is 0 Å². The summed E-state index contributed by atoms with van der Waals surface area (Å²) >= 11 is 0. The molecular formula is C16H20FN3O2. The summed E-state index contributed by atoms with van der Waals surface area (Å²) in [6.07, 6.45) is 0. The zero-order valence-electron chi connectivity index (χ0n) is 13.2. The molecule has 5 nitrogen and oxygen atoms in total. The molecule has 0 saturated carbocycles. The lowest BCUT2D eigenvalue weighted by Gasteiger charge is -2.25. The Kier molecular flexibility index (Phi) is 5.63. The molecule has 1 atom stereocenters. The lowest BCUT2D eigenvalue weighted by molar-refractivity contribution is -0.127. The topological polar surface area (TPSA) is 82.0 Å². The summed E-state index contributed by atoms with van der Waals surface area (Å²) < 4.78 is 13.5. The maximum atomic E-state index is 13.5. The van der Waals surface area contributed by atoms with E-state index in [0.29, 0.717) is 5.56 Å². The van der Waals surface area contributed by atoms with Gasteiger partial charge in [-0.1, -0.05) is 6.92 Å². The smallest absolute Gasteiger partial charge is 0.230 e. The van der Waals surface area contributed by atoms with Crippen LogP contribution in [0.3, 0.4) is 0 Å². The quantitative estimate of drug-likeness (QED) is 0.864. The standard InChI is InChI=1S/C16H20FN3O2/c1-10(14(21)19-4)9-20-15(22)16(2,3)12-5-11(8-18)6-13(17)7-12/h5-7,10H,9H2,1-4H3,(H,19,21)(H,20,22)/t10-/m1/s1. The zero-order valence-corrected chi connectivity index (χ0v) is 13.2. The summed E-state index contributed by atoms with van der Waals surface area (Å²) in [7, 11) is 1.53. The average Bonchev–Trinajstić information content (AvgIpc) is 2.50.